The number of hydrogen-bond acceptors (Lipinski definition) is 4. The first-order valence-electron chi connectivity index (χ1n) is 9.93. The summed E-state index contributed by atoms with van der Waals surface area (Å²) in [5.41, 5.74) is 5.52. The zero-order valence-electron chi connectivity index (χ0n) is 17.5. The molecule has 0 unspecified atom stereocenters. The monoisotopic (exact) mass is 415 g/mol. The van der Waals surface area contributed by atoms with Crippen molar-refractivity contribution in [3.63, 3.8) is 0 Å². The van der Waals surface area contributed by atoms with Gasteiger partial charge in [0.1, 0.15) is 5.75 Å². The van der Waals surface area contributed by atoms with Crippen molar-refractivity contribution in [2.75, 3.05) is 12.4 Å². The Hall–Kier alpha value is -3.93. The van der Waals surface area contributed by atoms with Crippen LogP contribution in [0.2, 0.25) is 0 Å². The average Bonchev–Trinajstić information content (AvgIpc) is 2.80. The Bertz CT molecular complexity index is 993. The summed E-state index contributed by atoms with van der Waals surface area (Å²) in [4.78, 5) is 25.2. The van der Waals surface area contributed by atoms with Crippen molar-refractivity contribution < 1.29 is 14.3 Å². The highest BCUT2D eigenvalue weighted by atomic mass is 16.5. The molecule has 3 aromatic rings. The van der Waals surface area contributed by atoms with Gasteiger partial charge in [-0.2, -0.15) is 5.10 Å². The molecule has 0 fully saturated rings. The van der Waals surface area contributed by atoms with Crippen molar-refractivity contribution in [2.24, 2.45) is 5.10 Å². The number of nitrogens with one attached hydrogen (secondary N) is 2. The number of ether oxygens (including phenoxy) is 1. The third-order valence-corrected chi connectivity index (χ3v) is 4.68. The van der Waals surface area contributed by atoms with Gasteiger partial charge in [-0.15, -0.1) is 0 Å². The molecule has 6 nitrogen and oxygen atoms in total. The zero-order valence-corrected chi connectivity index (χ0v) is 17.5. The summed E-state index contributed by atoms with van der Waals surface area (Å²) in [6, 6.07) is 26.1. The molecule has 0 aliphatic heterocycles. The molecule has 0 aliphatic rings. The van der Waals surface area contributed by atoms with Crippen molar-refractivity contribution >= 4 is 23.2 Å². The minimum atomic E-state index is -0.493. The van der Waals surface area contributed by atoms with E-state index in [1.807, 2.05) is 60.7 Å². The SMILES string of the molecule is COc1ccc(NC(=O)C/C(C)=N\NC(=O)C(c2ccccc2)c2ccccc2)cc1. The predicted molar refractivity (Wildman–Crippen MR) is 122 cm³/mol. The first-order valence-corrected chi connectivity index (χ1v) is 9.93. The van der Waals surface area contributed by atoms with Crippen LogP contribution in [0, 0.1) is 0 Å². The van der Waals surface area contributed by atoms with E-state index in [9.17, 15) is 9.59 Å². The van der Waals surface area contributed by atoms with E-state index in [0.717, 1.165) is 11.1 Å². The quantitative estimate of drug-likeness (QED) is 0.424. The van der Waals surface area contributed by atoms with Crippen LogP contribution in [-0.2, 0) is 9.59 Å². The maximum Gasteiger partial charge on any atom is 0.252 e. The topological polar surface area (TPSA) is 79.8 Å². The van der Waals surface area contributed by atoms with Gasteiger partial charge in [0.15, 0.2) is 0 Å². The van der Waals surface area contributed by atoms with E-state index < -0.39 is 5.92 Å². The van der Waals surface area contributed by atoms with Gasteiger partial charge in [-0.3, -0.25) is 9.59 Å². The molecule has 0 saturated carbocycles. The fourth-order valence-electron chi connectivity index (χ4n) is 3.15. The summed E-state index contributed by atoms with van der Waals surface area (Å²) >= 11 is 0. The van der Waals surface area contributed by atoms with Crippen molar-refractivity contribution in [1.82, 2.24) is 5.43 Å². The number of benzene rings is 3. The molecule has 0 aliphatic carbocycles. The third-order valence-electron chi connectivity index (χ3n) is 4.68. The highest BCUT2D eigenvalue weighted by Gasteiger charge is 2.22. The molecule has 31 heavy (non-hydrogen) atoms. The number of hydrazone groups is 1. The van der Waals surface area contributed by atoms with Crippen LogP contribution in [0.15, 0.2) is 90.0 Å². The highest BCUT2D eigenvalue weighted by molar-refractivity contribution is 6.05. The van der Waals surface area contributed by atoms with Crippen LogP contribution < -0.4 is 15.5 Å². The standard InChI is InChI=1S/C25H25N3O3/c1-18(17-23(29)26-21-13-15-22(31-2)16-14-21)27-28-25(30)24(19-9-5-3-6-10-19)20-11-7-4-8-12-20/h3-16,24H,17H2,1-2H3,(H,26,29)(H,28,30)/b27-18-. The number of methoxy groups -OCH3 is 1. The van der Waals surface area contributed by atoms with Crippen LogP contribution in [0.25, 0.3) is 0 Å². The maximum atomic E-state index is 13.0. The summed E-state index contributed by atoms with van der Waals surface area (Å²) in [5, 5.41) is 6.94. The largest absolute Gasteiger partial charge is 0.497 e. The molecule has 2 amide bonds. The van der Waals surface area contributed by atoms with E-state index in [1.54, 1.807) is 38.3 Å². The van der Waals surface area contributed by atoms with E-state index >= 15 is 0 Å². The summed E-state index contributed by atoms with van der Waals surface area (Å²) in [6.45, 7) is 1.70. The number of amides is 2. The summed E-state index contributed by atoms with van der Waals surface area (Å²) in [7, 11) is 1.59. The lowest BCUT2D eigenvalue weighted by Gasteiger charge is -2.16. The van der Waals surface area contributed by atoms with Gasteiger partial charge in [0, 0.05) is 11.4 Å². The third kappa shape index (κ3) is 6.27. The zero-order chi connectivity index (χ0) is 22.1. The average molecular weight is 415 g/mol. The Labute approximate surface area is 182 Å². The molecule has 0 spiro atoms. The van der Waals surface area contributed by atoms with Gasteiger partial charge in [0.05, 0.1) is 19.4 Å². The predicted octanol–water partition coefficient (Wildman–Crippen LogP) is 4.35. The van der Waals surface area contributed by atoms with Crippen LogP contribution in [0.4, 0.5) is 5.69 Å². The number of rotatable bonds is 8. The second-order valence-electron chi connectivity index (χ2n) is 7.03. The Kier molecular flexibility index (Phi) is 7.54. The molecule has 158 valence electrons. The van der Waals surface area contributed by atoms with Gasteiger partial charge in [-0.1, -0.05) is 60.7 Å². The number of hydrogen-bond donors (Lipinski definition) is 2. The van der Waals surface area contributed by atoms with Crippen LogP contribution in [0.1, 0.15) is 30.4 Å². The van der Waals surface area contributed by atoms with Crippen LogP contribution >= 0.6 is 0 Å². The number of anilines is 1. The van der Waals surface area contributed by atoms with E-state index in [-0.39, 0.29) is 18.2 Å². The van der Waals surface area contributed by atoms with Crippen LogP contribution in [0.3, 0.4) is 0 Å². The molecule has 0 heterocycles. The number of carbonyl (C=O) groups is 2. The highest BCUT2D eigenvalue weighted by Crippen LogP contribution is 2.24. The van der Waals surface area contributed by atoms with Gasteiger partial charge in [0.25, 0.3) is 5.91 Å². The van der Waals surface area contributed by atoms with E-state index in [4.69, 9.17) is 4.74 Å². The smallest absolute Gasteiger partial charge is 0.252 e. The van der Waals surface area contributed by atoms with Gasteiger partial charge >= 0.3 is 0 Å². The lowest BCUT2D eigenvalue weighted by molar-refractivity contribution is -0.121. The molecule has 0 atom stereocenters. The second kappa shape index (κ2) is 10.7. The molecule has 0 bridgehead atoms. The van der Waals surface area contributed by atoms with Gasteiger partial charge in [0.2, 0.25) is 5.91 Å². The minimum absolute atomic E-state index is 0.0631. The number of carbonyl (C=O) groups excluding carboxylic acids is 2. The molecule has 0 saturated heterocycles. The second-order valence-corrected chi connectivity index (χ2v) is 7.03. The van der Waals surface area contributed by atoms with E-state index in [0.29, 0.717) is 17.1 Å². The fraction of sp³-hybridized carbons (Fsp3) is 0.160. The molecule has 2 N–H and O–H groups in total. The fourth-order valence-corrected chi connectivity index (χ4v) is 3.15. The first kappa shape index (κ1) is 21.8. The maximum absolute atomic E-state index is 13.0. The Morgan fingerprint density at radius 2 is 1.42 bits per heavy atom. The van der Waals surface area contributed by atoms with Gasteiger partial charge in [-0.05, 0) is 42.3 Å². The summed E-state index contributed by atoms with van der Waals surface area (Å²) in [6.07, 6.45) is 0.0631. The lowest BCUT2D eigenvalue weighted by atomic mass is 9.91. The molecular formula is C25H25N3O3. The molecule has 0 radical (unpaired) electrons. The minimum Gasteiger partial charge on any atom is -0.497 e. The Balaban J connectivity index is 1.64. The molecule has 0 aromatic heterocycles. The summed E-state index contributed by atoms with van der Waals surface area (Å²) in [5.74, 6) is -0.257. The molecule has 6 heteroatoms. The van der Waals surface area contributed by atoms with Crippen LogP contribution in [0.5, 0.6) is 5.75 Å². The van der Waals surface area contributed by atoms with Gasteiger partial charge < -0.3 is 10.1 Å². The van der Waals surface area contributed by atoms with Crippen molar-refractivity contribution in [3.8, 4) is 5.75 Å². The molecule has 3 aromatic carbocycles. The van der Waals surface area contributed by atoms with E-state index in [2.05, 4.69) is 15.8 Å². The van der Waals surface area contributed by atoms with Crippen molar-refractivity contribution in [2.45, 2.75) is 19.3 Å². The Morgan fingerprint density at radius 3 is 1.94 bits per heavy atom. The lowest BCUT2D eigenvalue weighted by Crippen LogP contribution is -2.27. The van der Waals surface area contributed by atoms with Gasteiger partial charge in [-0.25, -0.2) is 5.43 Å². The van der Waals surface area contributed by atoms with Crippen molar-refractivity contribution in [1.29, 1.82) is 0 Å². The molecular weight excluding hydrogens is 390 g/mol. The van der Waals surface area contributed by atoms with E-state index in [1.165, 1.54) is 0 Å². The summed E-state index contributed by atoms with van der Waals surface area (Å²) < 4.78 is 5.10. The molecule has 3 rings (SSSR count). The number of nitrogens with zero attached hydrogens (tertiary/aromatic N) is 1. The first-order chi connectivity index (χ1) is 15.1. The van der Waals surface area contributed by atoms with Crippen LogP contribution in [-0.4, -0.2) is 24.6 Å². The normalized spacial score (nSPS) is 11.1. The Morgan fingerprint density at radius 1 is 0.871 bits per heavy atom. The van der Waals surface area contributed by atoms with Crippen molar-refractivity contribution in [3.05, 3.63) is 96.1 Å².